The van der Waals surface area contributed by atoms with Crippen molar-refractivity contribution in [1.29, 1.82) is 0 Å². The summed E-state index contributed by atoms with van der Waals surface area (Å²) < 4.78 is 43.3. The minimum Gasteiger partial charge on any atom is -0.457 e. The van der Waals surface area contributed by atoms with Crippen LogP contribution in [0.5, 0.6) is 0 Å². The third-order valence-electron chi connectivity index (χ3n) is 7.38. The minimum absolute atomic E-state index is 0.365. The summed E-state index contributed by atoms with van der Waals surface area (Å²) in [5.41, 5.74) is -2.02. The van der Waals surface area contributed by atoms with E-state index >= 15 is 0 Å². The molecule has 4 heterocycles. The van der Waals surface area contributed by atoms with E-state index in [-0.39, 0.29) is 6.61 Å². The van der Waals surface area contributed by atoms with Crippen LogP contribution >= 0.6 is 0 Å². The molecular formula is C23H38O18. The minimum atomic E-state index is -2.02. The van der Waals surface area contributed by atoms with Gasteiger partial charge in [-0.25, -0.2) is 0 Å². The molecule has 0 aromatic heterocycles. The molecule has 4 aliphatic heterocycles. The fourth-order valence-corrected chi connectivity index (χ4v) is 4.97. The lowest BCUT2D eigenvalue weighted by atomic mass is 9.97. The Morgan fingerprint density at radius 1 is 0.780 bits per heavy atom. The highest BCUT2D eigenvalue weighted by Gasteiger charge is 2.54. The molecule has 18 heteroatoms. The van der Waals surface area contributed by atoms with E-state index in [1.54, 1.807) is 0 Å². The maximum Gasteiger partial charge on any atom is 0.303 e. The number of hydrogen-bond donors (Lipinski definition) is 9. The van der Waals surface area contributed by atoms with E-state index < -0.39 is 124 Å². The quantitative estimate of drug-likeness (QED) is 0.117. The van der Waals surface area contributed by atoms with Crippen molar-refractivity contribution in [1.82, 2.24) is 0 Å². The van der Waals surface area contributed by atoms with Crippen molar-refractivity contribution in [3.05, 3.63) is 0 Å². The largest absolute Gasteiger partial charge is 0.457 e. The second-order valence-electron chi connectivity index (χ2n) is 10.5. The number of aliphatic hydroxyl groups is 9. The zero-order chi connectivity index (χ0) is 30.2. The van der Waals surface area contributed by atoms with Crippen molar-refractivity contribution >= 4 is 5.97 Å². The van der Waals surface area contributed by atoms with Crippen molar-refractivity contribution in [3.8, 4) is 0 Å². The average molecular weight is 603 g/mol. The third kappa shape index (κ3) is 6.83. The van der Waals surface area contributed by atoms with Crippen LogP contribution < -0.4 is 0 Å². The Morgan fingerprint density at radius 2 is 1.39 bits per heavy atom. The first-order valence-corrected chi connectivity index (χ1v) is 13.0. The molecule has 4 saturated heterocycles. The molecule has 0 aromatic rings. The van der Waals surface area contributed by atoms with Gasteiger partial charge >= 0.3 is 5.97 Å². The number of hydrogen-bond acceptors (Lipinski definition) is 18. The SMILES string of the molecule is CC(=O)O[C@H]1[C@@H](O)[C@H](O[C@@H]2[C@@H](O)[C@@H](O)CO[C@H]2O)O[C@@H](C)[C@@H]1O[C@@H]1OC[C@@H](O)[C@H](O[C@@H]2OC[C@](O)(CO)[C@H]2O)[C@H]1O. The van der Waals surface area contributed by atoms with Crippen LogP contribution in [0.1, 0.15) is 13.8 Å². The van der Waals surface area contributed by atoms with Gasteiger partial charge in [0.15, 0.2) is 31.3 Å². The van der Waals surface area contributed by atoms with E-state index in [9.17, 15) is 50.8 Å². The fraction of sp³-hybridized carbons (Fsp3) is 0.957. The van der Waals surface area contributed by atoms with Gasteiger partial charge in [0.05, 0.1) is 32.5 Å². The van der Waals surface area contributed by atoms with E-state index in [1.807, 2.05) is 0 Å². The lowest BCUT2D eigenvalue weighted by Crippen LogP contribution is -2.65. The van der Waals surface area contributed by atoms with Crippen LogP contribution in [0.4, 0.5) is 0 Å². The first-order valence-electron chi connectivity index (χ1n) is 13.0. The first-order chi connectivity index (χ1) is 19.3. The first kappa shape index (κ1) is 32.7. The van der Waals surface area contributed by atoms with Crippen molar-refractivity contribution in [2.45, 2.75) is 112 Å². The highest BCUT2D eigenvalue weighted by atomic mass is 16.8. The van der Waals surface area contributed by atoms with Crippen LogP contribution in [0, 0.1) is 0 Å². The number of esters is 1. The van der Waals surface area contributed by atoms with Gasteiger partial charge in [0, 0.05) is 6.92 Å². The van der Waals surface area contributed by atoms with Crippen LogP contribution in [0.3, 0.4) is 0 Å². The number of carbonyl (C=O) groups excluding carboxylic acids is 1. The molecule has 4 aliphatic rings. The number of aliphatic hydroxyl groups excluding tert-OH is 8. The molecule has 0 unspecified atom stereocenters. The van der Waals surface area contributed by atoms with Crippen molar-refractivity contribution in [2.24, 2.45) is 0 Å². The summed E-state index contributed by atoms with van der Waals surface area (Å²) in [4.78, 5) is 11.9. The van der Waals surface area contributed by atoms with Crippen molar-refractivity contribution < 1.29 is 88.6 Å². The van der Waals surface area contributed by atoms with Gasteiger partial charge < -0.3 is 83.9 Å². The van der Waals surface area contributed by atoms with Gasteiger partial charge in [-0.15, -0.1) is 0 Å². The molecule has 4 fully saturated rings. The highest BCUT2D eigenvalue weighted by molar-refractivity contribution is 5.66. The van der Waals surface area contributed by atoms with Crippen LogP contribution in [0.25, 0.3) is 0 Å². The molecular weight excluding hydrogens is 564 g/mol. The monoisotopic (exact) mass is 602 g/mol. The average Bonchev–Trinajstić information content (AvgIpc) is 3.21. The Balaban J connectivity index is 1.46. The zero-order valence-electron chi connectivity index (χ0n) is 22.2. The maximum atomic E-state index is 11.9. The fourth-order valence-electron chi connectivity index (χ4n) is 4.97. The molecule has 16 atom stereocenters. The Hall–Kier alpha value is -1.17. The summed E-state index contributed by atoms with van der Waals surface area (Å²) in [6.45, 7) is 0.385. The summed E-state index contributed by atoms with van der Waals surface area (Å²) in [5.74, 6) is -0.836. The van der Waals surface area contributed by atoms with E-state index in [2.05, 4.69) is 0 Å². The third-order valence-corrected chi connectivity index (χ3v) is 7.38. The molecule has 18 nitrogen and oxygen atoms in total. The number of carbonyl (C=O) groups is 1. The number of ether oxygens (including phenoxy) is 8. The Labute approximate surface area is 233 Å². The molecule has 4 rings (SSSR count). The summed E-state index contributed by atoms with van der Waals surface area (Å²) in [6, 6.07) is 0. The van der Waals surface area contributed by atoms with E-state index in [0.29, 0.717) is 0 Å². The predicted octanol–water partition coefficient (Wildman–Crippen LogP) is -6.23. The van der Waals surface area contributed by atoms with Crippen molar-refractivity contribution in [2.75, 3.05) is 26.4 Å². The molecule has 41 heavy (non-hydrogen) atoms. The standard InChI is InChI=1S/C23H38O18/c1-7-14(16(38-8(2)25)13(30)21(37-7)41-17-11(28)9(26)3-34-19(17)32)39-20-12(29)15(10(27)4-35-20)40-22-18(31)23(33,5-24)6-36-22/h7,9-22,24,26-33H,3-6H2,1-2H3/t7-,9-,10+,11-,12+,13+,14-,15-,16-,17+,18-,19+,20-,21-,22-,23+/m0/s1. The van der Waals surface area contributed by atoms with E-state index in [0.717, 1.165) is 6.92 Å². The van der Waals surface area contributed by atoms with Gasteiger partial charge in [-0.2, -0.15) is 0 Å². The molecule has 0 spiro atoms. The summed E-state index contributed by atoms with van der Waals surface area (Å²) >= 11 is 0. The molecule has 0 radical (unpaired) electrons. The van der Waals surface area contributed by atoms with Crippen LogP contribution in [-0.4, -0.2) is 176 Å². The van der Waals surface area contributed by atoms with Gasteiger partial charge in [-0.1, -0.05) is 0 Å². The normalized spacial score (nSPS) is 51.0. The van der Waals surface area contributed by atoms with Gasteiger partial charge in [-0.3, -0.25) is 4.79 Å². The van der Waals surface area contributed by atoms with Gasteiger partial charge in [0.2, 0.25) is 0 Å². The highest BCUT2D eigenvalue weighted by Crippen LogP contribution is 2.33. The Morgan fingerprint density at radius 3 is 2.02 bits per heavy atom. The van der Waals surface area contributed by atoms with E-state index in [4.69, 9.17) is 37.9 Å². The topological polar surface area (TPSA) is 273 Å². The van der Waals surface area contributed by atoms with Crippen LogP contribution in [0.2, 0.25) is 0 Å². The second kappa shape index (κ2) is 13.2. The summed E-state index contributed by atoms with van der Waals surface area (Å²) in [6.07, 6.45) is -23.0. The number of rotatable bonds is 8. The lowest BCUT2D eigenvalue weighted by Gasteiger charge is -2.47. The molecule has 0 amide bonds. The van der Waals surface area contributed by atoms with E-state index in [1.165, 1.54) is 6.92 Å². The molecule has 238 valence electrons. The van der Waals surface area contributed by atoms with Gasteiger partial charge in [0.1, 0.15) is 60.5 Å². The van der Waals surface area contributed by atoms with Gasteiger partial charge in [-0.05, 0) is 6.92 Å². The smallest absolute Gasteiger partial charge is 0.303 e. The molecule has 9 N–H and O–H groups in total. The molecule has 0 bridgehead atoms. The van der Waals surface area contributed by atoms with Crippen LogP contribution in [-0.2, 0) is 42.7 Å². The molecule has 0 aliphatic carbocycles. The summed E-state index contributed by atoms with van der Waals surface area (Å²) in [5, 5.41) is 92.2. The van der Waals surface area contributed by atoms with Crippen molar-refractivity contribution in [3.63, 3.8) is 0 Å². The van der Waals surface area contributed by atoms with Gasteiger partial charge in [0.25, 0.3) is 0 Å². The molecule has 0 saturated carbocycles. The zero-order valence-corrected chi connectivity index (χ0v) is 22.2. The molecule has 0 aromatic carbocycles. The Bertz CT molecular complexity index is 880. The lowest BCUT2D eigenvalue weighted by molar-refractivity contribution is -0.371. The van der Waals surface area contributed by atoms with Crippen LogP contribution in [0.15, 0.2) is 0 Å². The Kier molecular flexibility index (Phi) is 10.6. The second-order valence-corrected chi connectivity index (χ2v) is 10.5. The summed E-state index contributed by atoms with van der Waals surface area (Å²) in [7, 11) is 0. The predicted molar refractivity (Wildman–Crippen MR) is 124 cm³/mol. The maximum absolute atomic E-state index is 11.9.